The van der Waals surface area contributed by atoms with Crippen molar-refractivity contribution < 1.29 is 59.4 Å². The number of phenols is 1. The molecule has 38 heavy (non-hydrogen) atoms. The number of hydrogen-bond acceptors (Lipinski definition) is 12. The quantitative estimate of drug-likeness (QED) is 0.212. The van der Waals surface area contributed by atoms with E-state index in [0.717, 1.165) is 0 Å². The van der Waals surface area contributed by atoms with Crippen molar-refractivity contribution in [2.45, 2.75) is 48.8 Å². The molecule has 2 aromatic carbocycles. The third-order valence-electron chi connectivity index (χ3n) is 7.08. The van der Waals surface area contributed by atoms with Crippen molar-refractivity contribution >= 4 is 0 Å². The molecule has 0 bridgehead atoms. The van der Waals surface area contributed by atoms with E-state index in [-0.39, 0.29) is 36.9 Å². The van der Waals surface area contributed by atoms with Gasteiger partial charge in [-0.2, -0.15) is 0 Å². The number of rotatable bonds is 9. The standard InChI is InChI=1S/C26H34O12/c1-34-15-5-13(6-16(8-15)37-25-23(32)22(31)21(30)20(11-28)38-25)9-26(33)12-36-24(17(26)10-27)14-3-4-18(29)19(7-14)35-2/h3-8,17,20-25,27-33H,9-12H2,1-2H3/t17-,20-,21-,22+,23-,24-,25-,26-/m1/s1. The van der Waals surface area contributed by atoms with Crippen molar-refractivity contribution in [3.05, 3.63) is 47.5 Å². The van der Waals surface area contributed by atoms with Crippen LogP contribution in [-0.4, -0.2) is 106 Å². The van der Waals surface area contributed by atoms with E-state index in [4.69, 9.17) is 23.7 Å². The lowest BCUT2D eigenvalue weighted by Gasteiger charge is -2.39. The summed E-state index contributed by atoms with van der Waals surface area (Å²) in [5.41, 5.74) is -0.318. The summed E-state index contributed by atoms with van der Waals surface area (Å²) < 4.78 is 27.6. The molecule has 0 radical (unpaired) electrons. The van der Waals surface area contributed by atoms with Crippen LogP contribution in [0.25, 0.3) is 0 Å². The molecule has 0 spiro atoms. The summed E-state index contributed by atoms with van der Waals surface area (Å²) in [4.78, 5) is 0. The number of benzene rings is 2. The molecule has 2 aliphatic heterocycles. The van der Waals surface area contributed by atoms with Crippen LogP contribution < -0.4 is 14.2 Å². The fourth-order valence-corrected chi connectivity index (χ4v) is 4.96. The average Bonchev–Trinajstić information content (AvgIpc) is 3.24. The van der Waals surface area contributed by atoms with Gasteiger partial charge in [-0.1, -0.05) is 6.07 Å². The van der Waals surface area contributed by atoms with Gasteiger partial charge in [0.2, 0.25) is 6.29 Å². The molecule has 210 valence electrons. The molecule has 2 aliphatic rings. The number of aromatic hydroxyl groups is 1. The van der Waals surface area contributed by atoms with Crippen LogP contribution in [0.5, 0.6) is 23.0 Å². The maximum Gasteiger partial charge on any atom is 0.229 e. The third-order valence-corrected chi connectivity index (χ3v) is 7.08. The number of methoxy groups -OCH3 is 2. The van der Waals surface area contributed by atoms with E-state index in [9.17, 15) is 35.7 Å². The monoisotopic (exact) mass is 538 g/mol. The van der Waals surface area contributed by atoms with Gasteiger partial charge in [-0.3, -0.25) is 0 Å². The lowest BCUT2D eigenvalue weighted by Crippen LogP contribution is -2.60. The Kier molecular flexibility index (Phi) is 8.65. The summed E-state index contributed by atoms with van der Waals surface area (Å²) in [5.74, 6) is 0.00341. The number of phenolic OH excluding ortho intramolecular Hbond substituents is 1. The SMILES string of the molecule is COc1cc(C[C@@]2(O)CO[C@H](c3ccc(O)c(OC)c3)[C@H]2CO)cc(O[C@@H]2O[C@H](CO)[C@@H](O)[C@H](O)[C@H]2O)c1. The molecular weight excluding hydrogens is 504 g/mol. The molecule has 2 fully saturated rings. The summed E-state index contributed by atoms with van der Waals surface area (Å²) in [6.45, 7) is -1.08. The Morgan fingerprint density at radius 1 is 0.921 bits per heavy atom. The van der Waals surface area contributed by atoms with E-state index in [1.807, 2.05) is 0 Å². The fraction of sp³-hybridized carbons (Fsp3) is 0.538. The molecule has 0 aliphatic carbocycles. The van der Waals surface area contributed by atoms with E-state index < -0.39 is 54.9 Å². The molecule has 0 saturated carbocycles. The highest BCUT2D eigenvalue weighted by Gasteiger charge is 2.49. The normalized spacial score (nSPS) is 33.2. The number of aliphatic hydroxyl groups excluding tert-OH is 5. The van der Waals surface area contributed by atoms with Crippen molar-refractivity contribution in [1.82, 2.24) is 0 Å². The zero-order chi connectivity index (χ0) is 27.6. The Bertz CT molecular complexity index is 1090. The lowest BCUT2D eigenvalue weighted by molar-refractivity contribution is -0.277. The van der Waals surface area contributed by atoms with Gasteiger partial charge in [0.05, 0.1) is 45.7 Å². The first kappa shape index (κ1) is 28.3. The van der Waals surface area contributed by atoms with Crippen molar-refractivity contribution in [3.8, 4) is 23.0 Å². The minimum atomic E-state index is -1.60. The maximum absolute atomic E-state index is 11.6. The van der Waals surface area contributed by atoms with Crippen LogP contribution in [0.3, 0.4) is 0 Å². The van der Waals surface area contributed by atoms with Crippen LogP contribution in [0.1, 0.15) is 17.2 Å². The predicted octanol–water partition coefficient (Wildman–Crippen LogP) is -0.758. The van der Waals surface area contributed by atoms with Gasteiger partial charge < -0.3 is 59.4 Å². The molecule has 8 atom stereocenters. The molecule has 2 saturated heterocycles. The van der Waals surface area contributed by atoms with Crippen LogP contribution in [0.4, 0.5) is 0 Å². The van der Waals surface area contributed by atoms with E-state index in [1.54, 1.807) is 24.3 Å². The molecule has 12 nitrogen and oxygen atoms in total. The van der Waals surface area contributed by atoms with E-state index >= 15 is 0 Å². The van der Waals surface area contributed by atoms with Crippen molar-refractivity contribution in [2.24, 2.45) is 5.92 Å². The molecular formula is C26H34O12. The number of aliphatic hydroxyl groups is 6. The van der Waals surface area contributed by atoms with Crippen molar-refractivity contribution in [3.63, 3.8) is 0 Å². The summed E-state index contributed by atoms with van der Waals surface area (Å²) in [6, 6.07) is 9.43. The summed E-state index contributed by atoms with van der Waals surface area (Å²) in [5, 5.41) is 71.5. The molecule has 0 unspecified atom stereocenters. The molecule has 0 aromatic heterocycles. The second-order valence-corrected chi connectivity index (χ2v) is 9.56. The predicted molar refractivity (Wildman–Crippen MR) is 130 cm³/mol. The van der Waals surface area contributed by atoms with Gasteiger partial charge in [0.15, 0.2) is 11.5 Å². The largest absolute Gasteiger partial charge is 0.504 e. The smallest absolute Gasteiger partial charge is 0.229 e. The van der Waals surface area contributed by atoms with Gasteiger partial charge >= 0.3 is 0 Å². The lowest BCUT2D eigenvalue weighted by atomic mass is 9.80. The Morgan fingerprint density at radius 2 is 1.66 bits per heavy atom. The second-order valence-electron chi connectivity index (χ2n) is 9.56. The van der Waals surface area contributed by atoms with Crippen LogP contribution in [-0.2, 0) is 15.9 Å². The zero-order valence-corrected chi connectivity index (χ0v) is 21.0. The number of hydrogen-bond donors (Lipinski definition) is 7. The summed E-state index contributed by atoms with van der Waals surface area (Å²) in [6.07, 6.45) is -7.90. The summed E-state index contributed by atoms with van der Waals surface area (Å²) >= 11 is 0. The Morgan fingerprint density at radius 3 is 2.32 bits per heavy atom. The van der Waals surface area contributed by atoms with Crippen LogP contribution in [0.2, 0.25) is 0 Å². The maximum atomic E-state index is 11.6. The van der Waals surface area contributed by atoms with Crippen LogP contribution in [0, 0.1) is 5.92 Å². The molecule has 0 amide bonds. The van der Waals surface area contributed by atoms with Crippen LogP contribution >= 0.6 is 0 Å². The highest BCUT2D eigenvalue weighted by Crippen LogP contribution is 2.44. The van der Waals surface area contributed by atoms with E-state index in [1.165, 1.54) is 26.4 Å². The molecule has 2 heterocycles. The molecule has 2 aromatic rings. The minimum Gasteiger partial charge on any atom is -0.504 e. The Labute approximate surface area is 219 Å². The van der Waals surface area contributed by atoms with Gasteiger partial charge in [0.1, 0.15) is 35.9 Å². The highest BCUT2D eigenvalue weighted by atomic mass is 16.7. The van der Waals surface area contributed by atoms with Gasteiger partial charge in [-0.25, -0.2) is 0 Å². The number of ether oxygens (including phenoxy) is 5. The topological polar surface area (TPSA) is 188 Å². The summed E-state index contributed by atoms with van der Waals surface area (Å²) in [7, 11) is 2.86. The van der Waals surface area contributed by atoms with Crippen molar-refractivity contribution in [2.75, 3.05) is 34.0 Å². The minimum absolute atomic E-state index is 0.0339. The van der Waals surface area contributed by atoms with Gasteiger partial charge in [-0.05, 0) is 35.4 Å². The second kappa shape index (κ2) is 11.6. The zero-order valence-electron chi connectivity index (χ0n) is 21.0. The van der Waals surface area contributed by atoms with E-state index in [2.05, 4.69) is 0 Å². The van der Waals surface area contributed by atoms with Gasteiger partial charge in [0.25, 0.3) is 0 Å². The highest BCUT2D eigenvalue weighted by molar-refractivity contribution is 5.43. The first-order chi connectivity index (χ1) is 18.1. The molecule has 4 rings (SSSR count). The first-order valence-electron chi connectivity index (χ1n) is 12.1. The molecule has 12 heteroatoms. The van der Waals surface area contributed by atoms with E-state index in [0.29, 0.717) is 16.9 Å². The average molecular weight is 539 g/mol. The Balaban J connectivity index is 1.56. The van der Waals surface area contributed by atoms with Crippen molar-refractivity contribution in [1.29, 1.82) is 0 Å². The van der Waals surface area contributed by atoms with Gasteiger partial charge in [-0.15, -0.1) is 0 Å². The molecule has 7 N–H and O–H groups in total. The van der Waals surface area contributed by atoms with Crippen LogP contribution in [0.15, 0.2) is 36.4 Å². The first-order valence-corrected chi connectivity index (χ1v) is 12.1. The fourth-order valence-electron chi connectivity index (χ4n) is 4.96. The third kappa shape index (κ3) is 5.53. The van der Waals surface area contributed by atoms with Gasteiger partial charge in [0, 0.05) is 18.4 Å². The Hall–Kier alpha value is -2.68.